The number of hydrazone groups is 1. The molecule has 2 aromatic carbocycles. The zero-order valence-corrected chi connectivity index (χ0v) is 14.4. The summed E-state index contributed by atoms with van der Waals surface area (Å²) < 4.78 is 5.49. The number of hydrogen-bond donors (Lipinski definition) is 1. The first-order chi connectivity index (χ1) is 11.0. The van der Waals surface area contributed by atoms with E-state index in [9.17, 15) is 4.79 Å². The van der Waals surface area contributed by atoms with E-state index in [2.05, 4.69) is 10.5 Å². The van der Waals surface area contributed by atoms with Crippen LogP contribution < -0.4 is 10.2 Å². The predicted molar refractivity (Wildman–Crippen MR) is 93.7 cm³/mol. The van der Waals surface area contributed by atoms with Crippen LogP contribution in [0.15, 0.2) is 47.6 Å². The van der Waals surface area contributed by atoms with Crippen LogP contribution in [-0.4, -0.2) is 18.2 Å². The van der Waals surface area contributed by atoms with Gasteiger partial charge in [0.1, 0.15) is 5.75 Å². The summed E-state index contributed by atoms with van der Waals surface area (Å²) >= 11 is 17.7. The lowest BCUT2D eigenvalue weighted by atomic mass is 10.2. The summed E-state index contributed by atoms with van der Waals surface area (Å²) in [7, 11) is 0. The van der Waals surface area contributed by atoms with E-state index in [1.807, 2.05) is 6.07 Å². The monoisotopic (exact) mass is 370 g/mol. The number of amides is 1. The normalized spacial score (nSPS) is 12.2. The molecule has 1 unspecified atom stereocenters. The molecule has 0 aliphatic rings. The number of nitrogens with one attached hydrogen (secondary N) is 1. The van der Waals surface area contributed by atoms with Crippen molar-refractivity contribution in [3.8, 4) is 5.75 Å². The molecule has 0 bridgehead atoms. The predicted octanol–water partition coefficient (Wildman–Crippen LogP) is 4.56. The zero-order chi connectivity index (χ0) is 16.8. The van der Waals surface area contributed by atoms with Gasteiger partial charge in [0.05, 0.1) is 11.2 Å². The Morgan fingerprint density at radius 2 is 1.91 bits per heavy atom. The van der Waals surface area contributed by atoms with Crippen LogP contribution in [0, 0.1) is 0 Å². The van der Waals surface area contributed by atoms with Crippen molar-refractivity contribution >= 4 is 46.9 Å². The standard InChI is InChI=1S/C16H13Cl3N2O2/c1-10(23-15-6-5-13(18)8-14(15)19)16(22)21-20-9-11-3-2-4-12(17)7-11/h2-10H,1H3,(H,21,22). The molecule has 2 aromatic rings. The Bertz CT molecular complexity index is 735. The highest BCUT2D eigenvalue weighted by atomic mass is 35.5. The van der Waals surface area contributed by atoms with Crippen LogP contribution in [-0.2, 0) is 4.79 Å². The molecule has 120 valence electrons. The van der Waals surface area contributed by atoms with Gasteiger partial charge in [-0.1, -0.05) is 46.9 Å². The SMILES string of the molecule is CC(Oc1ccc(Cl)cc1Cl)C(=O)NN=Cc1cccc(Cl)c1. The molecule has 0 saturated carbocycles. The van der Waals surface area contributed by atoms with Crippen LogP contribution in [0.2, 0.25) is 15.1 Å². The Balaban J connectivity index is 1.92. The zero-order valence-electron chi connectivity index (χ0n) is 12.1. The molecule has 0 aliphatic carbocycles. The first kappa shape index (κ1) is 17.6. The van der Waals surface area contributed by atoms with Crippen LogP contribution in [0.5, 0.6) is 5.75 Å². The van der Waals surface area contributed by atoms with E-state index < -0.39 is 12.0 Å². The summed E-state index contributed by atoms with van der Waals surface area (Å²) in [4.78, 5) is 11.9. The smallest absolute Gasteiger partial charge is 0.280 e. The lowest BCUT2D eigenvalue weighted by molar-refractivity contribution is -0.127. The second-order valence-corrected chi connectivity index (χ2v) is 5.90. The molecular formula is C16H13Cl3N2O2. The van der Waals surface area contributed by atoms with Crippen molar-refractivity contribution in [3.63, 3.8) is 0 Å². The highest BCUT2D eigenvalue weighted by Gasteiger charge is 2.15. The fourth-order valence-corrected chi connectivity index (χ4v) is 2.31. The van der Waals surface area contributed by atoms with Gasteiger partial charge in [-0.2, -0.15) is 5.10 Å². The molecule has 0 spiro atoms. The maximum atomic E-state index is 11.9. The van der Waals surface area contributed by atoms with Gasteiger partial charge in [-0.25, -0.2) is 5.43 Å². The number of rotatable bonds is 5. The molecule has 0 fully saturated rings. The van der Waals surface area contributed by atoms with Gasteiger partial charge in [0, 0.05) is 10.0 Å². The maximum absolute atomic E-state index is 11.9. The van der Waals surface area contributed by atoms with E-state index in [0.717, 1.165) is 5.56 Å². The van der Waals surface area contributed by atoms with Gasteiger partial charge in [0.2, 0.25) is 0 Å². The average molecular weight is 372 g/mol. The minimum atomic E-state index is -0.773. The molecule has 1 N–H and O–H groups in total. The topological polar surface area (TPSA) is 50.7 Å². The summed E-state index contributed by atoms with van der Waals surface area (Å²) in [6.45, 7) is 1.59. The number of carbonyl (C=O) groups is 1. The molecule has 7 heteroatoms. The van der Waals surface area contributed by atoms with Crippen molar-refractivity contribution in [3.05, 3.63) is 63.1 Å². The number of hydrogen-bond acceptors (Lipinski definition) is 3. The third-order valence-electron chi connectivity index (χ3n) is 2.80. The molecule has 2 rings (SSSR count). The van der Waals surface area contributed by atoms with E-state index in [1.165, 1.54) is 6.21 Å². The van der Waals surface area contributed by atoms with E-state index in [4.69, 9.17) is 39.5 Å². The molecule has 0 radical (unpaired) electrons. The van der Waals surface area contributed by atoms with Crippen LogP contribution in [0.1, 0.15) is 12.5 Å². The molecule has 0 saturated heterocycles. The van der Waals surface area contributed by atoms with Gasteiger partial charge in [0.25, 0.3) is 5.91 Å². The molecule has 1 amide bonds. The lowest BCUT2D eigenvalue weighted by Gasteiger charge is -2.14. The molecular weight excluding hydrogens is 359 g/mol. The Labute approximate surface area is 149 Å². The average Bonchev–Trinajstić information content (AvgIpc) is 2.50. The van der Waals surface area contributed by atoms with Gasteiger partial charge in [-0.15, -0.1) is 0 Å². The van der Waals surface area contributed by atoms with E-state index in [0.29, 0.717) is 20.8 Å². The number of carbonyl (C=O) groups excluding carboxylic acids is 1. The summed E-state index contributed by atoms with van der Waals surface area (Å²) in [6.07, 6.45) is 0.719. The Hall–Kier alpha value is -1.75. The third-order valence-corrected chi connectivity index (χ3v) is 3.57. The molecule has 1 atom stereocenters. The minimum absolute atomic E-state index is 0.333. The largest absolute Gasteiger partial charge is 0.479 e. The third kappa shape index (κ3) is 5.43. The fourth-order valence-electron chi connectivity index (χ4n) is 1.66. The van der Waals surface area contributed by atoms with E-state index in [1.54, 1.807) is 43.3 Å². The van der Waals surface area contributed by atoms with Crippen LogP contribution in [0.3, 0.4) is 0 Å². The van der Waals surface area contributed by atoms with Crippen LogP contribution in [0.25, 0.3) is 0 Å². The molecule has 0 aliphatic heterocycles. The van der Waals surface area contributed by atoms with Crippen LogP contribution in [0.4, 0.5) is 0 Å². The summed E-state index contributed by atoms with van der Waals surface area (Å²) in [6, 6.07) is 11.9. The number of halogens is 3. The summed E-state index contributed by atoms with van der Waals surface area (Å²) in [5, 5.41) is 5.28. The second kappa shape index (κ2) is 8.20. The first-order valence-electron chi connectivity index (χ1n) is 6.66. The number of benzene rings is 2. The van der Waals surface area contributed by atoms with Crippen molar-refractivity contribution in [1.29, 1.82) is 0 Å². The van der Waals surface area contributed by atoms with Crippen molar-refractivity contribution in [1.82, 2.24) is 5.43 Å². The molecule has 23 heavy (non-hydrogen) atoms. The van der Waals surface area contributed by atoms with Crippen molar-refractivity contribution in [2.75, 3.05) is 0 Å². The first-order valence-corrected chi connectivity index (χ1v) is 7.79. The van der Waals surface area contributed by atoms with Gasteiger partial charge in [-0.3, -0.25) is 4.79 Å². The minimum Gasteiger partial charge on any atom is -0.479 e. The highest BCUT2D eigenvalue weighted by molar-refractivity contribution is 6.35. The van der Waals surface area contributed by atoms with Gasteiger partial charge in [0.15, 0.2) is 6.10 Å². The Kier molecular flexibility index (Phi) is 6.28. The number of nitrogens with zero attached hydrogens (tertiary/aromatic N) is 1. The lowest BCUT2D eigenvalue weighted by Crippen LogP contribution is -2.33. The summed E-state index contributed by atoms with van der Waals surface area (Å²) in [5.74, 6) is -0.0353. The second-order valence-electron chi connectivity index (χ2n) is 4.62. The molecule has 0 heterocycles. The van der Waals surface area contributed by atoms with E-state index in [-0.39, 0.29) is 0 Å². The Morgan fingerprint density at radius 1 is 1.17 bits per heavy atom. The van der Waals surface area contributed by atoms with Gasteiger partial charge < -0.3 is 4.74 Å². The fraction of sp³-hybridized carbons (Fsp3) is 0.125. The maximum Gasteiger partial charge on any atom is 0.280 e. The summed E-state index contributed by atoms with van der Waals surface area (Å²) in [5.41, 5.74) is 3.17. The van der Waals surface area contributed by atoms with Crippen molar-refractivity contribution in [2.24, 2.45) is 5.10 Å². The Morgan fingerprint density at radius 3 is 2.61 bits per heavy atom. The highest BCUT2D eigenvalue weighted by Crippen LogP contribution is 2.28. The molecule has 0 aromatic heterocycles. The van der Waals surface area contributed by atoms with Crippen molar-refractivity contribution < 1.29 is 9.53 Å². The quantitative estimate of drug-likeness (QED) is 0.618. The van der Waals surface area contributed by atoms with E-state index >= 15 is 0 Å². The van der Waals surface area contributed by atoms with Gasteiger partial charge >= 0.3 is 0 Å². The van der Waals surface area contributed by atoms with Crippen LogP contribution >= 0.6 is 34.8 Å². The van der Waals surface area contributed by atoms with Crippen molar-refractivity contribution in [2.45, 2.75) is 13.0 Å². The molecule has 4 nitrogen and oxygen atoms in total. The van der Waals surface area contributed by atoms with Gasteiger partial charge in [-0.05, 0) is 42.8 Å². The number of ether oxygens (including phenoxy) is 1.